The van der Waals surface area contributed by atoms with E-state index < -0.39 is 0 Å². The first-order chi connectivity index (χ1) is 6.11. The molecule has 13 heavy (non-hydrogen) atoms. The molecule has 0 saturated heterocycles. The topological polar surface area (TPSA) is 0 Å². The zero-order chi connectivity index (χ0) is 9.84. The molecule has 1 heteroatoms. The minimum Gasteiger partial charge on any atom is -0.122 e. The highest BCUT2D eigenvalue weighted by molar-refractivity contribution is 8.00. The second kappa shape index (κ2) is 4.71. The molecule has 0 aliphatic heterocycles. The first-order valence-electron chi connectivity index (χ1n) is 4.83. The third-order valence-corrected chi connectivity index (χ3v) is 3.97. The molecule has 0 spiro atoms. The lowest BCUT2D eigenvalue weighted by Gasteiger charge is -2.15. The molecule has 0 bridgehead atoms. The van der Waals surface area contributed by atoms with Crippen molar-refractivity contribution in [2.24, 2.45) is 5.92 Å². The van der Waals surface area contributed by atoms with Crippen molar-refractivity contribution < 1.29 is 0 Å². The van der Waals surface area contributed by atoms with Gasteiger partial charge in [-0.15, -0.1) is 11.8 Å². The van der Waals surface area contributed by atoms with Gasteiger partial charge in [-0.1, -0.05) is 39.0 Å². The van der Waals surface area contributed by atoms with Crippen molar-refractivity contribution in [2.45, 2.75) is 37.8 Å². The fourth-order valence-corrected chi connectivity index (χ4v) is 2.11. The first kappa shape index (κ1) is 10.6. The molecule has 0 nitrogen and oxygen atoms in total. The maximum absolute atomic E-state index is 2.29. The lowest BCUT2D eigenvalue weighted by molar-refractivity contribution is 0.642. The summed E-state index contributed by atoms with van der Waals surface area (Å²) in [7, 11) is 0. The number of rotatable bonds is 3. The molecule has 1 aromatic carbocycles. The third-order valence-electron chi connectivity index (χ3n) is 2.35. The normalized spacial score (nSPS) is 13.3. The van der Waals surface area contributed by atoms with E-state index in [0.717, 1.165) is 5.92 Å². The SMILES string of the molecule is Cc1ccccc1SC(C)C(C)C. The van der Waals surface area contributed by atoms with Gasteiger partial charge in [0.25, 0.3) is 0 Å². The van der Waals surface area contributed by atoms with Crippen molar-refractivity contribution in [1.29, 1.82) is 0 Å². The summed E-state index contributed by atoms with van der Waals surface area (Å²) in [6.45, 7) is 9.02. The molecular formula is C12H18S. The molecule has 0 aliphatic carbocycles. The molecule has 72 valence electrons. The van der Waals surface area contributed by atoms with Crippen LogP contribution < -0.4 is 0 Å². The monoisotopic (exact) mass is 194 g/mol. The van der Waals surface area contributed by atoms with Crippen LogP contribution >= 0.6 is 11.8 Å². The van der Waals surface area contributed by atoms with Gasteiger partial charge in [0.05, 0.1) is 0 Å². The molecule has 1 atom stereocenters. The molecule has 0 heterocycles. The summed E-state index contributed by atoms with van der Waals surface area (Å²) in [4.78, 5) is 1.42. The van der Waals surface area contributed by atoms with Crippen LogP contribution in [-0.4, -0.2) is 5.25 Å². The Morgan fingerprint density at radius 1 is 1.08 bits per heavy atom. The molecule has 1 rings (SSSR count). The predicted octanol–water partition coefficient (Wildman–Crippen LogP) is 4.13. The second-order valence-corrected chi connectivity index (χ2v) is 5.25. The van der Waals surface area contributed by atoms with E-state index in [-0.39, 0.29) is 0 Å². The Morgan fingerprint density at radius 3 is 2.23 bits per heavy atom. The van der Waals surface area contributed by atoms with E-state index >= 15 is 0 Å². The Hall–Kier alpha value is -0.430. The molecule has 0 radical (unpaired) electrons. The van der Waals surface area contributed by atoms with Gasteiger partial charge in [-0.3, -0.25) is 0 Å². The molecule has 1 unspecified atom stereocenters. The van der Waals surface area contributed by atoms with E-state index in [4.69, 9.17) is 0 Å². The van der Waals surface area contributed by atoms with Gasteiger partial charge in [0.1, 0.15) is 0 Å². The van der Waals surface area contributed by atoms with Gasteiger partial charge in [-0.25, -0.2) is 0 Å². The Labute approximate surface area is 85.7 Å². The lowest BCUT2D eigenvalue weighted by Crippen LogP contribution is -2.05. The average Bonchev–Trinajstić information content (AvgIpc) is 2.08. The number of benzene rings is 1. The fourth-order valence-electron chi connectivity index (χ4n) is 1.03. The Morgan fingerprint density at radius 2 is 1.69 bits per heavy atom. The Kier molecular flexibility index (Phi) is 3.86. The van der Waals surface area contributed by atoms with Crippen molar-refractivity contribution in [2.75, 3.05) is 0 Å². The molecule has 0 aliphatic rings. The molecule has 0 fully saturated rings. The third kappa shape index (κ3) is 3.07. The van der Waals surface area contributed by atoms with Crippen LogP contribution in [0.1, 0.15) is 26.3 Å². The quantitative estimate of drug-likeness (QED) is 0.652. The molecule has 0 amide bonds. The van der Waals surface area contributed by atoms with Crippen molar-refractivity contribution >= 4 is 11.8 Å². The van der Waals surface area contributed by atoms with Crippen LogP contribution in [0.25, 0.3) is 0 Å². The van der Waals surface area contributed by atoms with E-state index in [9.17, 15) is 0 Å². The van der Waals surface area contributed by atoms with Crippen molar-refractivity contribution in [3.63, 3.8) is 0 Å². The van der Waals surface area contributed by atoms with Crippen molar-refractivity contribution in [1.82, 2.24) is 0 Å². The summed E-state index contributed by atoms with van der Waals surface area (Å²) in [6.07, 6.45) is 0. The largest absolute Gasteiger partial charge is 0.122 e. The van der Waals surface area contributed by atoms with Crippen LogP contribution in [0.4, 0.5) is 0 Å². The molecule has 1 aromatic rings. The number of thioether (sulfide) groups is 1. The van der Waals surface area contributed by atoms with Gasteiger partial charge in [0.2, 0.25) is 0 Å². The highest BCUT2D eigenvalue weighted by atomic mass is 32.2. The Bertz CT molecular complexity index is 266. The summed E-state index contributed by atoms with van der Waals surface area (Å²) in [5, 5.41) is 0.695. The van der Waals surface area contributed by atoms with Crippen LogP contribution in [-0.2, 0) is 0 Å². The predicted molar refractivity (Wildman–Crippen MR) is 61.3 cm³/mol. The van der Waals surface area contributed by atoms with E-state index in [0.29, 0.717) is 5.25 Å². The average molecular weight is 194 g/mol. The maximum atomic E-state index is 2.29. The maximum Gasteiger partial charge on any atom is 0.0104 e. The highest BCUT2D eigenvalue weighted by Crippen LogP contribution is 2.29. The summed E-state index contributed by atoms with van der Waals surface area (Å²) < 4.78 is 0. The number of hydrogen-bond acceptors (Lipinski definition) is 1. The van der Waals surface area contributed by atoms with Gasteiger partial charge in [0.15, 0.2) is 0 Å². The summed E-state index contributed by atoms with van der Waals surface area (Å²) >= 11 is 1.98. The van der Waals surface area contributed by atoms with Crippen molar-refractivity contribution in [3.05, 3.63) is 29.8 Å². The van der Waals surface area contributed by atoms with E-state index in [1.165, 1.54) is 10.5 Å². The zero-order valence-corrected chi connectivity index (χ0v) is 9.69. The zero-order valence-electron chi connectivity index (χ0n) is 8.87. The minimum atomic E-state index is 0.695. The first-order valence-corrected chi connectivity index (χ1v) is 5.71. The highest BCUT2D eigenvalue weighted by Gasteiger charge is 2.09. The van der Waals surface area contributed by atoms with Crippen LogP contribution in [0.15, 0.2) is 29.2 Å². The summed E-state index contributed by atoms with van der Waals surface area (Å²) in [5.74, 6) is 0.740. The van der Waals surface area contributed by atoms with Crippen LogP contribution in [0.3, 0.4) is 0 Å². The Balaban J connectivity index is 2.69. The minimum absolute atomic E-state index is 0.695. The van der Waals surface area contributed by atoms with E-state index in [1.54, 1.807) is 0 Å². The number of aryl methyl sites for hydroxylation is 1. The van der Waals surface area contributed by atoms with Crippen LogP contribution in [0, 0.1) is 12.8 Å². The van der Waals surface area contributed by atoms with Gasteiger partial charge < -0.3 is 0 Å². The summed E-state index contributed by atoms with van der Waals surface area (Å²) in [6, 6.07) is 8.59. The van der Waals surface area contributed by atoms with E-state index in [2.05, 4.69) is 52.0 Å². The smallest absolute Gasteiger partial charge is 0.0104 e. The van der Waals surface area contributed by atoms with Crippen LogP contribution in [0.2, 0.25) is 0 Å². The fraction of sp³-hybridized carbons (Fsp3) is 0.500. The molecule has 0 aromatic heterocycles. The molecule has 0 saturated carbocycles. The summed E-state index contributed by atoms with van der Waals surface area (Å²) in [5.41, 5.74) is 1.39. The molecule has 0 N–H and O–H groups in total. The number of hydrogen-bond donors (Lipinski definition) is 0. The second-order valence-electron chi connectivity index (χ2n) is 3.83. The lowest BCUT2D eigenvalue weighted by atomic mass is 10.2. The van der Waals surface area contributed by atoms with Gasteiger partial charge >= 0.3 is 0 Å². The molecular weight excluding hydrogens is 176 g/mol. The van der Waals surface area contributed by atoms with Crippen molar-refractivity contribution in [3.8, 4) is 0 Å². The van der Waals surface area contributed by atoms with Crippen LogP contribution in [0.5, 0.6) is 0 Å². The van der Waals surface area contributed by atoms with Gasteiger partial charge in [-0.2, -0.15) is 0 Å². The van der Waals surface area contributed by atoms with Gasteiger partial charge in [0, 0.05) is 10.1 Å². The standard InChI is InChI=1S/C12H18S/c1-9(2)11(4)13-12-8-6-5-7-10(12)3/h5-9,11H,1-4H3. The van der Waals surface area contributed by atoms with E-state index in [1.807, 2.05) is 11.8 Å². The van der Waals surface area contributed by atoms with Gasteiger partial charge in [-0.05, 0) is 24.5 Å².